The van der Waals surface area contributed by atoms with Crippen LogP contribution in [0.15, 0.2) is 54.6 Å². The maximum absolute atomic E-state index is 12.5. The molecule has 0 bridgehead atoms. The summed E-state index contributed by atoms with van der Waals surface area (Å²) in [6.07, 6.45) is 3.00. The van der Waals surface area contributed by atoms with E-state index in [1.165, 1.54) is 25.3 Å². The SMILES string of the molecule is COc1cc(/C=C/C(=O)N2CCN(C(=O)c3ccccc3)CC2)ccc1OC(F)F. The zero-order valence-corrected chi connectivity index (χ0v) is 16.5. The monoisotopic (exact) mass is 416 g/mol. The zero-order valence-electron chi connectivity index (χ0n) is 16.5. The number of nitrogens with zero attached hydrogens (tertiary/aromatic N) is 2. The molecule has 2 aromatic carbocycles. The summed E-state index contributed by atoms with van der Waals surface area (Å²) < 4.78 is 34.2. The van der Waals surface area contributed by atoms with Gasteiger partial charge in [0.05, 0.1) is 7.11 Å². The number of carbonyl (C=O) groups is 2. The molecule has 1 aliphatic rings. The van der Waals surface area contributed by atoms with Crippen LogP contribution in [0.3, 0.4) is 0 Å². The standard InChI is InChI=1S/C22H22F2N2O4/c1-29-19-15-16(7-9-18(19)30-22(23)24)8-10-20(27)25-11-13-26(14-12-25)21(28)17-5-3-2-4-6-17/h2-10,15,22H,11-14H2,1H3/b10-8+. The lowest BCUT2D eigenvalue weighted by molar-refractivity contribution is -0.127. The van der Waals surface area contributed by atoms with Gasteiger partial charge in [0.15, 0.2) is 11.5 Å². The molecule has 6 nitrogen and oxygen atoms in total. The maximum Gasteiger partial charge on any atom is 0.387 e. The van der Waals surface area contributed by atoms with Crippen LogP contribution in [0.2, 0.25) is 0 Å². The second kappa shape index (κ2) is 9.87. The van der Waals surface area contributed by atoms with Gasteiger partial charge in [-0.3, -0.25) is 9.59 Å². The Labute approximate surface area is 173 Å². The number of benzene rings is 2. The van der Waals surface area contributed by atoms with Gasteiger partial charge in [-0.25, -0.2) is 0 Å². The Hall–Kier alpha value is -3.42. The molecule has 0 atom stereocenters. The van der Waals surface area contributed by atoms with Crippen molar-refractivity contribution >= 4 is 17.9 Å². The fraction of sp³-hybridized carbons (Fsp3) is 0.273. The first-order valence-electron chi connectivity index (χ1n) is 9.42. The Morgan fingerprint density at radius 1 is 0.967 bits per heavy atom. The summed E-state index contributed by atoms with van der Waals surface area (Å²) in [5.41, 5.74) is 1.24. The lowest BCUT2D eigenvalue weighted by Crippen LogP contribution is -2.50. The molecule has 3 rings (SSSR count). The number of piperazine rings is 1. The predicted molar refractivity (Wildman–Crippen MR) is 108 cm³/mol. The fourth-order valence-electron chi connectivity index (χ4n) is 3.15. The molecule has 0 N–H and O–H groups in total. The van der Waals surface area contributed by atoms with Crippen LogP contribution in [0.25, 0.3) is 6.08 Å². The van der Waals surface area contributed by atoms with Crippen molar-refractivity contribution in [3.63, 3.8) is 0 Å². The third-order valence-electron chi connectivity index (χ3n) is 4.72. The number of hydrogen-bond acceptors (Lipinski definition) is 4. The molecule has 1 saturated heterocycles. The summed E-state index contributed by atoms with van der Waals surface area (Å²) in [5.74, 6) is -0.154. The molecule has 2 aromatic rings. The van der Waals surface area contributed by atoms with Gasteiger partial charge in [0.1, 0.15) is 0 Å². The Morgan fingerprint density at radius 3 is 2.27 bits per heavy atom. The van der Waals surface area contributed by atoms with Gasteiger partial charge in [-0.05, 0) is 35.9 Å². The van der Waals surface area contributed by atoms with E-state index < -0.39 is 6.61 Å². The number of ether oxygens (including phenoxy) is 2. The molecule has 158 valence electrons. The average molecular weight is 416 g/mol. The molecule has 0 aromatic heterocycles. The number of hydrogen-bond donors (Lipinski definition) is 0. The Bertz CT molecular complexity index is 911. The van der Waals surface area contributed by atoms with Crippen molar-refractivity contribution in [1.82, 2.24) is 9.80 Å². The minimum Gasteiger partial charge on any atom is -0.493 e. The first-order valence-corrected chi connectivity index (χ1v) is 9.42. The van der Waals surface area contributed by atoms with Crippen molar-refractivity contribution in [2.24, 2.45) is 0 Å². The Balaban J connectivity index is 1.57. The molecule has 8 heteroatoms. The topological polar surface area (TPSA) is 59.1 Å². The van der Waals surface area contributed by atoms with Gasteiger partial charge < -0.3 is 19.3 Å². The maximum atomic E-state index is 12.5. The summed E-state index contributed by atoms with van der Waals surface area (Å²) in [5, 5.41) is 0. The smallest absolute Gasteiger partial charge is 0.387 e. The van der Waals surface area contributed by atoms with Crippen LogP contribution in [0.5, 0.6) is 11.5 Å². The minimum absolute atomic E-state index is 0.0450. The van der Waals surface area contributed by atoms with Gasteiger partial charge in [-0.15, -0.1) is 0 Å². The van der Waals surface area contributed by atoms with Crippen molar-refractivity contribution in [2.45, 2.75) is 6.61 Å². The Morgan fingerprint density at radius 2 is 1.63 bits per heavy atom. The molecule has 30 heavy (non-hydrogen) atoms. The van der Waals surface area contributed by atoms with E-state index in [0.717, 1.165) is 0 Å². The van der Waals surface area contributed by atoms with Crippen LogP contribution in [0, 0.1) is 0 Å². The summed E-state index contributed by atoms with van der Waals surface area (Å²) in [6.45, 7) is -1.16. The average Bonchev–Trinajstić information content (AvgIpc) is 2.78. The molecule has 0 unspecified atom stereocenters. The molecule has 0 saturated carbocycles. The summed E-state index contributed by atoms with van der Waals surface area (Å²) in [4.78, 5) is 28.3. The van der Waals surface area contributed by atoms with Crippen LogP contribution in [-0.4, -0.2) is 61.5 Å². The molecule has 0 aliphatic carbocycles. The van der Waals surface area contributed by atoms with E-state index in [1.54, 1.807) is 34.1 Å². The van der Waals surface area contributed by atoms with Crippen LogP contribution < -0.4 is 9.47 Å². The molecule has 1 fully saturated rings. The summed E-state index contributed by atoms with van der Waals surface area (Å²) in [6, 6.07) is 13.5. The molecule has 1 heterocycles. The number of carbonyl (C=O) groups excluding carboxylic acids is 2. The van der Waals surface area contributed by atoms with E-state index in [9.17, 15) is 18.4 Å². The van der Waals surface area contributed by atoms with Gasteiger partial charge in [-0.2, -0.15) is 8.78 Å². The third-order valence-corrected chi connectivity index (χ3v) is 4.72. The van der Waals surface area contributed by atoms with Crippen LogP contribution in [-0.2, 0) is 4.79 Å². The summed E-state index contributed by atoms with van der Waals surface area (Å²) in [7, 11) is 1.35. The zero-order chi connectivity index (χ0) is 21.5. The number of alkyl halides is 2. The van der Waals surface area contributed by atoms with E-state index in [4.69, 9.17) is 4.74 Å². The highest BCUT2D eigenvalue weighted by atomic mass is 19.3. The van der Waals surface area contributed by atoms with E-state index in [-0.39, 0.29) is 23.3 Å². The van der Waals surface area contributed by atoms with Crippen LogP contribution in [0.1, 0.15) is 15.9 Å². The quantitative estimate of drug-likeness (QED) is 0.678. The molecule has 2 amide bonds. The predicted octanol–water partition coefficient (Wildman–Crippen LogP) is 3.29. The highest BCUT2D eigenvalue weighted by Crippen LogP contribution is 2.29. The minimum atomic E-state index is -2.95. The van der Waals surface area contributed by atoms with Crippen molar-refractivity contribution in [3.8, 4) is 11.5 Å². The van der Waals surface area contributed by atoms with Gasteiger partial charge in [0, 0.05) is 37.8 Å². The van der Waals surface area contributed by atoms with Crippen molar-refractivity contribution < 1.29 is 27.8 Å². The van der Waals surface area contributed by atoms with Gasteiger partial charge in [0.2, 0.25) is 5.91 Å². The van der Waals surface area contributed by atoms with Crippen molar-refractivity contribution in [3.05, 3.63) is 65.7 Å². The molecule has 0 spiro atoms. The number of amides is 2. The van der Waals surface area contributed by atoms with Crippen molar-refractivity contribution in [2.75, 3.05) is 33.3 Å². The molecular formula is C22H22F2N2O4. The second-order valence-corrected chi connectivity index (χ2v) is 6.61. The Kier molecular flexibility index (Phi) is 7.00. The van der Waals surface area contributed by atoms with E-state index >= 15 is 0 Å². The van der Waals surface area contributed by atoms with E-state index in [0.29, 0.717) is 37.3 Å². The van der Waals surface area contributed by atoms with Crippen LogP contribution in [0.4, 0.5) is 8.78 Å². The first kappa shape index (κ1) is 21.3. The highest BCUT2D eigenvalue weighted by molar-refractivity contribution is 5.95. The largest absolute Gasteiger partial charge is 0.493 e. The molecule has 1 aliphatic heterocycles. The fourth-order valence-corrected chi connectivity index (χ4v) is 3.15. The van der Waals surface area contributed by atoms with Gasteiger partial charge in [0.25, 0.3) is 5.91 Å². The highest BCUT2D eigenvalue weighted by Gasteiger charge is 2.23. The van der Waals surface area contributed by atoms with Crippen molar-refractivity contribution in [1.29, 1.82) is 0 Å². The second-order valence-electron chi connectivity index (χ2n) is 6.61. The van der Waals surface area contributed by atoms with E-state index in [1.807, 2.05) is 18.2 Å². The van der Waals surface area contributed by atoms with E-state index in [2.05, 4.69) is 4.74 Å². The molecule has 0 radical (unpaired) electrons. The summed E-state index contributed by atoms with van der Waals surface area (Å²) >= 11 is 0. The third kappa shape index (κ3) is 5.34. The first-order chi connectivity index (χ1) is 14.5. The van der Waals surface area contributed by atoms with Gasteiger partial charge >= 0.3 is 6.61 Å². The molecular weight excluding hydrogens is 394 g/mol. The number of rotatable bonds is 6. The van der Waals surface area contributed by atoms with Gasteiger partial charge in [-0.1, -0.05) is 24.3 Å². The van der Waals surface area contributed by atoms with Crippen LogP contribution >= 0.6 is 0 Å². The number of methoxy groups -OCH3 is 1. The lowest BCUT2D eigenvalue weighted by atomic mass is 10.1. The lowest BCUT2D eigenvalue weighted by Gasteiger charge is -2.34. The number of halogens is 2. The normalized spacial score (nSPS) is 14.3.